The number of hydrogen-bond donors (Lipinski definition) is 0. The predicted octanol–water partition coefficient (Wildman–Crippen LogP) is 4.43. The molecule has 0 spiro atoms. The molecule has 5 fully saturated rings. The van der Waals surface area contributed by atoms with Crippen molar-refractivity contribution in [3.05, 3.63) is 35.9 Å². The lowest BCUT2D eigenvalue weighted by Crippen LogP contribution is -2.48. The van der Waals surface area contributed by atoms with Crippen molar-refractivity contribution in [2.75, 3.05) is 0 Å². The Kier molecular flexibility index (Phi) is 2.63. The van der Waals surface area contributed by atoms with Crippen molar-refractivity contribution in [2.45, 2.75) is 44.4 Å². The quantitative estimate of drug-likeness (QED) is 0.800. The summed E-state index contributed by atoms with van der Waals surface area (Å²) in [7, 11) is 0. The minimum absolute atomic E-state index is 0.356. The normalized spacial score (nSPS) is 46.6. The van der Waals surface area contributed by atoms with Gasteiger partial charge in [0.1, 0.15) is 5.78 Å². The average molecular weight is 280 g/mol. The van der Waals surface area contributed by atoms with E-state index in [1.807, 2.05) is 0 Å². The van der Waals surface area contributed by atoms with Gasteiger partial charge in [-0.25, -0.2) is 0 Å². The average Bonchev–Trinajstić information content (AvgIpc) is 3.27. The van der Waals surface area contributed by atoms with Crippen LogP contribution in [0.2, 0.25) is 0 Å². The second-order valence-corrected chi connectivity index (χ2v) is 8.22. The second-order valence-electron chi connectivity index (χ2n) is 8.22. The summed E-state index contributed by atoms with van der Waals surface area (Å²) in [5.41, 5.74) is 1.39. The molecule has 2 atom stereocenters. The molecule has 110 valence electrons. The molecule has 6 rings (SSSR count). The van der Waals surface area contributed by atoms with Crippen LogP contribution < -0.4 is 0 Å². The largest absolute Gasteiger partial charge is 0.299 e. The Morgan fingerprint density at radius 1 is 0.810 bits per heavy atom. The van der Waals surface area contributed by atoms with Crippen LogP contribution in [0, 0.1) is 35.5 Å². The molecular formula is C20H24O. The van der Waals surface area contributed by atoms with Gasteiger partial charge in [0.2, 0.25) is 0 Å². The zero-order valence-corrected chi connectivity index (χ0v) is 12.6. The van der Waals surface area contributed by atoms with Crippen LogP contribution in [0.3, 0.4) is 0 Å². The maximum Gasteiger partial charge on any atom is 0.140 e. The van der Waals surface area contributed by atoms with E-state index in [0.717, 1.165) is 30.1 Å². The molecular weight excluding hydrogens is 256 g/mol. The van der Waals surface area contributed by atoms with Crippen LogP contribution in [-0.2, 0) is 4.79 Å². The van der Waals surface area contributed by atoms with E-state index in [1.54, 1.807) is 0 Å². The van der Waals surface area contributed by atoms with Crippen molar-refractivity contribution < 1.29 is 4.79 Å². The summed E-state index contributed by atoms with van der Waals surface area (Å²) in [6, 6.07) is 10.7. The third kappa shape index (κ3) is 1.93. The fourth-order valence-electron chi connectivity index (χ4n) is 6.22. The zero-order chi connectivity index (χ0) is 14.0. The minimum Gasteiger partial charge on any atom is -0.299 e. The first-order chi connectivity index (χ1) is 10.3. The van der Waals surface area contributed by atoms with Gasteiger partial charge in [0.05, 0.1) is 0 Å². The van der Waals surface area contributed by atoms with Crippen molar-refractivity contribution in [3.8, 4) is 0 Å². The van der Waals surface area contributed by atoms with Gasteiger partial charge >= 0.3 is 0 Å². The van der Waals surface area contributed by atoms with Crippen LogP contribution in [0.25, 0.3) is 0 Å². The van der Waals surface area contributed by atoms with Gasteiger partial charge in [-0.15, -0.1) is 0 Å². The first-order valence-electron chi connectivity index (χ1n) is 8.88. The molecule has 5 aliphatic rings. The molecule has 0 heterocycles. The van der Waals surface area contributed by atoms with Crippen molar-refractivity contribution in [1.29, 1.82) is 0 Å². The smallest absolute Gasteiger partial charge is 0.140 e. The Hall–Kier alpha value is -1.11. The second kappa shape index (κ2) is 4.44. The monoisotopic (exact) mass is 280 g/mol. The van der Waals surface area contributed by atoms with E-state index in [0.29, 0.717) is 23.5 Å². The highest BCUT2D eigenvalue weighted by atomic mass is 16.1. The molecule has 1 heteroatoms. The zero-order valence-electron chi connectivity index (χ0n) is 12.6. The maximum absolute atomic E-state index is 13.1. The van der Waals surface area contributed by atoms with Crippen LogP contribution in [-0.4, -0.2) is 5.78 Å². The highest BCUT2D eigenvalue weighted by molar-refractivity contribution is 5.88. The molecule has 21 heavy (non-hydrogen) atoms. The van der Waals surface area contributed by atoms with Gasteiger partial charge in [0.25, 0.3) is 0 Å². The van der Waals surface area contributed by atoms with Crippen molar-refractivity contribution in [1.82, 2.24) is 0 Å². The Balaban J connectivity index is 1.34. The van der Waals surface area contributed by atoms with Gasteiger partial charge < -0.3 is 0 Å². The Bertz CT molecular complexity index is 532. The third-order valence-electron chi connectivity index (χ3n) is 6.94. The molecule has 0 saturated heterocycles. The molecule has 5 aliphatic carbocycles. The number of carbonyl (C=O) groups excluding carboxylic acids is 1. The topological polar surface area (TPSA) is 17.1 Å². The molecule has 0 aliphatic heterocycles. The van der Waals surface area contributed by atoms with Gasteiger partial charge in [0, 0.05) is 11.8 Å². The van der Waals surface area contributed by atoms with E-state index in [1.165, 1.54) is 37.7 Å². The summed E-state index contributed by atoms with van der Waals surface area (Å²) in [4.78, 5) is 13.1. The molecule has 1 aromatic carbocycles. The van der Waals surface area contributed by atoms with Crippen LogP contribution in [0.1, 0.15) is 50.0 Å². The van der Waals surface area contributed by atoms with E-state index in [2.05, 4.69) is 30.3 Å². The molecule has 5 saturated carbocycles. The highest BCUT2D eigenvalue weighted by Gasteiger charge is 2.55. The fourth-order valence-corrected chi connectivity index (χ4v) is 6.22. The van der Waals surface area contributed by atoms with Gasteiger partial charge in [-0.05, 0) is 73.7 Å². The van der Waals surface area contributed by atoms with Crippen LogP contribution in [0.4, 0.5) is 0 Å². The molecule has 0 N–H and O–H groups in total. The molecule has 0 amide bonds. The Morgan fingerprint density at radius 2 is 1.43 bits per heavy atom. The lowest BCUT2D eigenvalue weighted by molar-refractivity contribution is -0.137. The first kappa shape index (κ1) is 12.4. The van der Waals surface area contributed by atoms with Gasteiger partial charge in [-0.3, -0.25) is 4.79 Å². The lowest BCUT2D eigenvalue weighted by atomic mass is 9.51. The summed E-state index contributed by atoms with van der Waals surface area (Å²) in [5.74, 6) is 5.44. The standard InChI is InChI=1S/C20H24O/c21-20(18-11-17(18)14-4-2-1-3-5-14)19-15-7-12-6-13(9-15)10-16(19)8-12/h1-5,12-13,15-19H,6-11H2. The van der Waals surface area contributed by atoms with Crippen molar-refractivity contribution in [2.24, 2.45) is 35.5 Å². The maximum atomic E-state index is 13.1. The third-order valence-corrected chi connectivity index (χ3v) is 6.94. The lowest BCUT2D eigenvalue weighted by Gasteiger charge is -2.54. The molecule has 4 bridgehead atoms. The van der Waals surface area contributed by atoms with Crippen molar-refractivity contribution in [3.63, 3.8) is 0 Å². The van der Waals surface area contributed by atoms with Gasteiger partial charge in [-0.1, -0.05) is 30.3 Å². The number of hydrogen-bond acceptors (Lipinski definition) is 1. The summed E-state index contributed by atoms with van der Waals surface area (Å²) < 4.78 is 0. The molecule has 0 aromatic heterocycles. The van der Waals surface area contributed by atoms with E-state index < -0.39 is 0 Å². The SMILES string of the molecule is O=C(C1CC1c1ccccc1)C1C2CC3CC(C2)CC1C3. The van der Waals surface area contributed by atoms with E-state index >= 15 is 0 Å². The number of benzene rings is 1. The number of rotatable bonds is 3. The number of Topliss-reactive ketones (excluding diaryl/α,β-unsaturated/α-hetero) is 1. The molecule has 1 aromatic rings. The summed E-state index contributed by atoms with van der Waals surface area (Å²) >= 11 is 0. The van der Waals surface area contributed by atoms with E-state index in [4.69, 9.17) is 0 Å². The highest BCUT2D eigenvalue weighted by Crippen LogP contribution is 2.59. The van der Waals surface area contributed by atoms with Gasteiger partial charge in [0.15, 0.2) is 0 Å². The van der Waals surface area contributed by atoms with Crippen LogP contribution in [0.5, 0.6) is 0 Å². The fraction of sp³-hybridized carbons (Fsp3) is 0.650. The van der Waals surface area contributed by atoms with Gasteiger partial charge in [-0.2, -0.15) is 0 Å². The number of carbonyl (C=O) groups is 1. The molecule has 1 nitrogen and oxygen atoms in total. The first-order valence-corrected chi connectivity index (χ1v) is 8.88. The Morgan fingerprint density at radius 3 is 2.05 bits per heavy atom. The minimum atomic E-state index is 0.356. The summed E-state index contributed by atoms with van der Waals surface area (Å²) in [6.45, 7) is 0. The van der Waals surface area contributed by atoms with E-state index in [9.17, 15) is 4.79 Å². The number of ketones is 1. The molecule has 0 radical (unpaired) electrons. The van der Waals surface area contributed by atoms with Crippen LogP contribution >= 0.6 is 0 Å². The van der Waals surface area contributed by atoms with Crippen molar-refractivity contribution >= 4 is 5.78 Å². The molecule has 2 unspecified atom stereocenters. The van der Waals surface area contributed by atoms with E-state index in [-0.39, 0.29) is 0 Å². The predicted molar refractivity (Wildman–Crippen MR) is 82.8 cm³/mol. The van der Waals surface area contributed by atoms with Crippen LogP contribution in [0.15, 0.2) is 30.3 Å². The summed E-state index contributed by atoms with van der Waals surface area (Å²) in [6.07, 6.45) is 8.06. The Labute approximate surface area is 127 Å². The summed E-state index contributed by atoms with van der Waals surface area (Å²) in [5, 5.41) is 0.